The van der Waals surface area contributed by atoms with Crippen LogP contribution < -0.4 is 32.6 Å². The summed E-state index contributed by atoms with van der Waals surface area (Å²) in [6.45, 7) is 0.149. The van der Waals surface area contributed by atoms with E-state index >= 15 is 0 Å². The van der Waals surface area contributed by atoms with Gasteiger partial charge in [-0.15, -0.1) is 0 Å². The summed E-state index contributed by atoms with van der Waals surface area (Å²) in [6, 6.07) is 10.5. The molecule has 0 aliphatic heterocycles. The van der Waals surface area contributed by atoms with Crippen LogP contribution in [0.4, 0.5) is 5.69 Å². The van der Waals surface area contributed by atoms with Gasteiger partial charge in [-0.05, 0) is 24.3 Å². The predicted molar refractivity (Wildman–Crippen MR) is 110 cm³/mol. The van der Waals surface area contributed by atoms with Gasteiger partial charge in [0.2, 0.25) is 11.8 Å². The standard InChI is InChI=1S/C19H26N6O3/c1-28-16-10-13(9-12-5-2-3-6-14(12)16)24-18(27)15(25-17(26)11-20)7-4-8-23-19(21)22/h2-3,5-6,9-10,15H,4,7-8,11,20H2,1H3,(H,24,27)(H,25,26)(H4,21,22,23)/t15-/m1/s1. The Labute approximate surface area is 163 Å². The molecule has 0 fully saturated rings. The molecule has 28 heavy (non-hydrogen) atoms. The molecule has 2 rings (SSSR count). The molecule has 0 heterocycles. The minimum absolute atomic E-state index is 0.0183. The van der Waals surface area contributed by atoms with E-state index in [-0.39, 0.29) is 18.4 Å². The van der Waals surface area contributed by atoms with Gasteiger partial charge in [0.05, 0.1) is 13.7 Å². The third-order valence-electron chi connectivity index (χ3n) is 4.09. The van der Waals surface area contributed by atoms with E-state index in [9.17, 15) is 9.59 Å². The third-order valence-corrected chi connectivity index (χ3v) is 4.09. The zero-order chi connectivity index (χ0) is 20.5. The number of aliphatic imine (C=N–C) groups is 1. The molecule has 2 aromatic carbocycles. The number of anilines is 1. The number of methoxy groups -OCH3 is 1. The zero-order valence-electron chi connectivity index (χ0n) is 15.8. The first-order valence-corrected chi connectivity index (χ1v) is 8.87. The van der Waals surface area contributed by atoms with E-state index in [1.165, 1.54) is 0 Å². The molecule has 8 N–H and O–H groups in total. The quantitative estimate of drug-likeness (QED) is 0.237. The number of nitrogens with zero attached hydrogens (tertiary/aromatic N) is 1. The van der Waals surface area contributed by atoms with E-state index in [2.05, 4.69) is 15.6 Å². The molecular weight excluding hydrogens is 360 g/mol. The maximum absolute atomic E-state index is 12.7. The summed E-state index contributed by atoms with van der Waals surface area (Å²) in [4.78, 5) is 28.3. The number of carbonyl (C=O) groups excluding carboxylic acids is 2. The molecule has 0 aliphatic carbocycles. The number of carbonyl (C=O) groups is 2. The van der Waals surface area contributed by atoms with Crippen molar-refractivity contribution in [3.8, 4) is 5.75 Å². The highest BCUT2D eigenvalue weighted by Crippen LogP contribution is 2.29. The number of fused-ring (bicyclic) bond motifs is 1. The summed E-state index contributed by atoms with van der Waals surface area (Å²) in [6.07, 6.45) is 0.876. The lowest BCUT2D eigenvalue weighted by Gasteiger charge is -2.18. The average molecular weight is 386 g/mol. The monoisotopic (exact) mass is 386 g/mol. The second-order valence-corrected chi connectivity index (χ2v) is 6.16. The second-order valence-electron chi connectivity index (χ2n) is 6.16. The maximum atomic E-state index is 12.7. The van der Waals surface area contributed by atoms with Crippen molar-refractivity contribution in [2.24, 2.45) is 22.2 Å². The van der Waals surface area contributed by atoms with Crippen molar-refractivity contribution >= 4 is 34.2 Å². The summed E-state index contributed by atoms with van der Waals surface area (Å²) >= 11 is 0. The van der Waals surface area contributed by atoms with Crippen LogP contribution in [0, 0.1) is 0 Å². The Kier molecular flexibility index (Phi) is 7.58. The molecule has 0 aliphatic rings. The Morgan fingerprint density at radius 1 is 1.21 bits per heavy atom. The van der Waals surface area contributed by atoms with Gasteiger partial charge < -0.3 is 32.6 Å². The van der Waals surface area contributed by atoms with Crippen LogP contribution in [0.3, 0.4) is 0 Å². The fourth-order valence-corrected chi connectivity index (χ4v) is 2.77. The first-order valence-electron chi connectivity index (χ1n) is 8.87. The summed E-state index contributed by atoms with van der Waals surface area (Å²) in [7, 11) is 1.57. The highest BCUT2D eigenvalue weighted by Gasteiger charge is 2.20. The zero-order valence-corrected chi connectivity index (χ0v) is 15.8. The van der Waals surface area contributed by atoms with Crippen LogP contribution in [0.5, 0.6) is 5.75 Å². The Hall–Kier alpha value is -3.33. The number of ether oxygens (including phenoxy) is 1. The number of benzene rings is 2. The third kappa shape index (κ3) is 5.85. The SMILES string of the molecule is COc1cc(NC(=O)[C@@H](CCCN=C(N)N)NC(=O)CN)cc2ccccc12. The van der Waals surface area contributed by atoms with Gasteiger partial charge in [-0.1, -0.05) is 24.3 Å². The lowest BCUT2D eigenvalue weighted by Crippen LogP contribution is -2.46. The van der Waals surface area contributed by atoms with E-state index in [0.717, 1.165) is 10.8 Å². The molecule has 0 saturated carbocycles. The molecule has 9 nitrogen and oxygen atoms in total. The number of hydrogen-bond donors (Lipinski definition) is 5. The molecule has 2 aromatic rings. The summed E-state index contributed by atoms with van der Waals surface area (Å²) < 4.78 is 5.42. The van der Waals surface area contributed by atoms with Crippen molar-refractivity contribution in [1.29, 1.82) is 0 Å². The number of amides is 2. The smallest absolute Gasteiger partial charge is 0.246 e. The van der Waals surface area contributed by atoms with E-state index in [0.29, 0.717) is 30.8 Å². The van der Waals surface area contributed by atoms with Gasteiger partial charge in [0, 0.05) is 23.7 Å². The van der Waals surface area contributed by atoms with Gasteiger partial charge in [0.15, 0.2) is 5.96 Å². The summed E-state index contributed by atoms with van der Waals surface area (Å²) in [5.41, 5.74) is 16.5. The van der Waals surface area contributed by atoms with Crippen molar-refractivity contribution in [3.05, 3.63) is 36.4 Å². The van der Waals surface area contributed by atoms with Gasteiger partial charge in [-0.3, -0.25) is 14.6 Å². The number of guanidine groups is 1. The van der Waals surface area contributed by atoms with Crippen molar-refractivity contribution in [3.63, 3.8) is 0 Å². The molecule has 1 atom stereocenters. The van der Waals surface area contributed by atoms with Crippen LogP contribution in [0.2, 0.25) is 0 Å². The average Bonchev–Trinajstić information content (AvgIpc) is 2.69. The molecule has 2 amide bonds. The molecule has 0 bridgehead atoms. The maximum Gasteiger partial charge on any atom is 0.246 e. The molecule has 0 radical (unpaired) electrons. The minimum atomic E-state index is -0.761. The normalized spacial score (nSPS) is 11.5. The van der Waals surface area contributed by atoms with Gasteiger partial charge in [0.1, 0.15) is 11.8 Å². The fraction of sp³-hybridized carbons (Fsp3) is 0.316. The molecule has 0 unspecified atom stereocenters. The number of rotatable bonds is 9. The van der Waals surface area contributed by atoms with Crippen LogP contribution in [0.25, 0.3) is 10.8 Å². The topological polar surface area (TPSA) is 158 Å². The van der Waals surface area contributed by atoms with E-state index in [4.69, 9.17) is 21.9 Å². The Bertz CT molecular complexity index is 864. The van der Waals surface area contributed by atoms with Crippen LogP contribution in [-0.2, 0) is 9.59 Å². The lowest BCUT2D eigenvalue weighted by molar-refractivity contribution is -0.125. The predicted octanol–water partition coefficient (Wildman–Crippen LogP) is 0.284. The highest BCUT2D eigenvalue weighted by atomic mass is 16.5. The first kappa shape index (κ1) is 21.0. The minimum Gasteiger partial charge on any atom is -0.496 e. The summed E-state index contributed by atoms with van der Waals surface area (Å²) in [5.74, 6) is -0.152. The van der Waals surface area contributed by atoms with Gasteiger partial charge in [0.25, 0.3) is 0 Å². The number of nitrogens with one attached hydrogen (secondary N) is 2. The van der Waals surface area contributed by atoms with Gasteiger partial charge in [-0.2, -0.15) is 0 Å². The fourth-order valence-electron chi connectivity index (χ4n) is 2.77. The second kappa shape index (κ2) is 10.1. The van der Waals surface area contributed by atoms with Crippen molar-refractivity contribution in [2.45, 2.75) is 18.9 Å². The molecule has 0 aromatic heterocycles. The number of hydrogen-bond acceptors (Lipinski definition) is 5. The van der Waals surface area contributed by atoms with Crippen LogP contribution in [0.1, 0.15) is 12.8 Å². The van der Waals surface area contributed by atoms with Crippen molar-refractivity contribution < 1.29 is 14.3 Å². The van der Waals surface area contributed by atoms with Crippen LogP contribution in [0.15, 0.2) is 41.4 Å². The Balaban J connectivity index is 2.15. The van der Waals surface area contributed by atoms with E-state index in [1.54, 1.807) is 13.2 Å². The van der Waals surface area contributed by atoms with Crippen molar-refractivity contribution in [1.82, 2.24) is 5.32 Å². The Morgan fingerprint density at radius 2 is 1.96 bits per heavy atom. The van der Waals surface area contributed by atoms with Gasteiger partial charge in [-0.25, -0.2) is 0 Å². The van der Waals surface area contributed by atoms with Crippen molar-refractivity contribution in [2.75, 3.05) is 25.5 Å². The largest absolute Gasteiger partial charge is 0.496 e. The molecule has 150 valence electrons. The summed E-state index contributed by atoms with van der Waals surface area (Å²) in [5, 5.41) is 7.31. The highest BCUT2D eigenvalue weighted by molar-refractivity contribution is 6.00. The molecule has 9 heteroatoms. The van der Waals surface area contributed by atoms with E-state index in [1.807, 2.05) is 30.3 Å². The first-order chi connectivity index (χ1) is 13.4. The van der Waals surface area contributed by atoms with Crippen LogP contribution >= 0.6 is 0 Å². The number of nitrogens with two attached hydrogens (primary N) is 3. The molecule has 0 spiro atoms. The Morgan fingerprint density at radius 3 is 2.64 bits per heavy atom. The molecular formula is C19H26N6O3. The van der Waals surface area contributed by atoms with Crippen LogP contribution in [-0.4, -0.2) is 44.0 Å². The van der Waals surface area contributed by atoms with Gasteiger partial charge >= 0.3 is 0 Å². The lowest BCUT2D eigenvalue weighted by atomic mass is 10.1. The molecule has 0 saturated heterocycles. The van der Waals surface area contributed by atoms with E-state index < -0.39 is 11.9 Å².